The Morgan fingerprint density at radius 3 is 2.55 bits per heavy atom. The van der Waals surface area contributed by atoms with Gasteiger partial charge in [0.2, 0.25) is 10.0 Å². The second-order valence-corrected chi connectivity index (χ2v) is 12.3. The van der Waals surface area contributed by atoms with Gasteiger partial charge < -0.3 is 4.90 Å². The van der Waals surface area contributed by atoms with Gasteiger partial charge in [-0.3, -0.25) is 14.4 Å². The quantitative estimate of drug-likeness (QED) is 0.381. The van der Waals surface area contributed by atoms with Crippen LogP contribution in [0.3, 0.4) is 0 Å². The van der Waals surface area contributed by atoms with E-state index in [0.29, 0.717) is 40.4 Å². The number of amides is 2. The molecule has 1 unspecified atom stereocenters. The highest BCUT2D eigenvalue weighted by Gasteiger charge is 2.49. The second-order valence-electron chi connectivity index (χ2n) is 10.1. The number of rotatable bonds is 8. The van der Waals surface area contributed by atoms with Gasteiger partial charge in [0, 0.05) is 29.7 Å². The van der Waals surface area contributed by atoms with E-state index in [9.17, 15) is 18.0 Å². The van der Waals surface area contributed by atoms with Crippen LogP contribution in [0.15, 0.2) is 48.5 Å². The van der Waals surface area contributed by atoms with Crippen molar-refractivity contribution in [2.24, 2.45) is 7.05 Å². The third kappa shape index (κ3) is 5.87. The standard InChI is InChI=1S/C26H30ClN7O5S/c1-33-22(28-31-32-33)15-39-29-25(35)23-18-7-3-4-8-19(18)26(36)34(24(23)16-11-13-17(27)14-12-16)21-10-6-5-9-20(21)30-40(2,37)38/h3-4,7-8,11-14,20-21,23-24,30H,5-6,9-10,15H2,1-2H3,(H,29,35)/t20-,21?,23+,24-/m0/s1. The molecule has 1 aromatic heterocycles. The molecule has 4 atom stereocenters. The van der Waals surface area contributed by atoms with E-state index in [1.165, 1.54) is 4.68 Å². The summed E-state index contributed by atoms with van der Waals surface area (Å²) >= 11 is 6.20. The molecule has 2 N–H and O–H groups in total. The first-order valence-corrected chi connectivity index (χ1v) is 15.2. The Balaban J connectivity index is 1.57. The summed E-state index contributed by atoms with van der Waals surface area (Å²) in [6.45, 7) is -0.0686. The van der Waals surface area contributed by atoms with Crippen LogP contribution in [0.5, 0.6) is 0 Å². The highest BCUT2D eigenvalue weighted by Crippen LogP contribution is 2.46. The maximum absolute atomic E-state index is 14.2. The second kappa shape index (κ2) is 11.6. The zero-order valence-corrected chi connectivity index (χ0v) is 23.6. The molecule has 0 spiro atoms. The Morgan fingerprint density at radius 1 is 1.12 bits per heavy atom. The van der Waals surface area contributed by atoms with Gasteiger partial charge in [-0.15, -0.1) is 5.10 Å². The van der Waals surface area contributed by atoms with Crippen molar-refractivity contribution >= 4 is 33.4 Å². The van der Waals surface area contributed by atoms with E-state index in [0.717, 1.165) is 19.1 Å². The number of hydroxylamine groups is 1. The summed E-state index contributed by atoms with van der Waals surface area (Å²) in [6.07, 6.45) is 3.90. The molecular formula is C26H30ClN7O5S. The molecule has 1 aliphatic heterocycles. The monoisotopic (exact) mass is 587 g/mol. The van der Waals surface area contributed by atoms with Gasteiger partial charge in [0.15, 0.2) is 5.82 Å². The van der Waals surface area contributed by atoms with Crippen molar-refractivity contribution in [2.45, 2.75) is 56.3 Å². The number of aromatic nitrogens is 4. The number of carbonyl (C=O) groups excluding carboxylic acids is 2. The lowest BCUT2D eigenvalue weighted by atomic mass is 9.76. The molecule has 2 amide bonds. The number of fused-ring (bicyclic) bond motifs is 1. The maximum atomic E-state index is 14.2. The molecule has 12 nitrogen and oxygen atoms in total. The first-order valence-electron chi connectivity index (χ1n) is 12.9. The van der Waals surface area contributed by atoms with Gasteiger partial charge in [-0.2, -0.15) is 0 Å². The molecule has 1 saturated carbocycles. The number of carbonyl (C=O) groups is 2. The van der Waals surface area contributed by atoms with E-state index in [2.05, 4.69) is 25.7 Å². The SMILES string of the molecule is Cn1nnnc1CONC(=O)[C@@H]1c2ccccc2C(=O)N(C2CCCC[C@@H]2NS(C)(=O)=O)[C@H]1c1ccc(Cl)cc1. The number of benzene rings is 2. The largest absolute Gasteiger partial charge is 0.326 e. The summed E-state index contributed by atoms with van der Waals surface area (Å²) in [7, 11) is -1.89. The average Bonchev–Trinajstić information content (AvgIpc) is 3.33. The maximum Gasteiger partial charge on any atom is 0.255 e. The third-order valence-corrected chi connectivity index (χ3v) is 8.39. The van der Waals surface area contributed by atoms with E-state index in [4.69, 9.17) is 16.4 Å². The average molecular weight is 588 g/mol. The summed E-state index contributed by atoms with van der Waals surface area (Å²) in [4.78, 5) is 35.3. The van der Waals surface area contributed by atoms with Crippen molar-refractivity contribution in [1.29, 1.82) is 0 Å². The molecule has 0 saturated heterocycles. The van der Waals surface area contributed by atoms with E-state index >= 15 is 0 Å². The Labute approximate surface area is 237 Å². The number of nitrogens with zero attached hydrogens (tertiary/aromatic N) is 5. The fourth-order valence-corrected chi connectivity index (χ4v) is 6.63. The topological polar surface area (TPSA) is 148 Å². The Bertz CT molecular complexity index is 1500. The van der Waals surface area contributed by atoms with Gasteiger partial charge in [-0.05, 0) is 52.6 Å². The van der Waals surface area contributed by atoms with Crippen molar-refractivity contribution in [1.82, 2.24) is 35.3 Å². The van der Waals surface area contributed by atoms with Gasteiger partial charge in [-0.25, -0.2) is 23.3 Å². The lowest BCUT2D eigenvalue weighted by Gasteiger charge is -2.49. The van der Waals surface area contributed by atoms with Crippen molar-refractivity contribution in [3.8, 4) is 0 Å². The highest BCUT2D eigenvalue weighted by atomic mass is 35.5. The molecule has 1 aliphatic carbocycles. The smallest absolute Gasteiger partial charge is 0.255 e. The van der Waals surface area contributed by atoms with Crippen LogP contribution in [0.1, 0.15) is 65.0 Å². The fraction of sp³-hybridized carbons (Fsp3) is 0.423. The zero-order chi connectivity index (χ0) is 28.4. The number of hydrogen-bond donors (Lipinski definition) is 2. The van der Waals surface area contributed by atoms with E-state index in [1.807, 2.05) is 0 Å². The molecule has 212 valence electrons. The van der Waals surface area contributed by atoms with Crippen LogP contribution in [0.25, 0.3) is 0 Å². The van der Waals surface area contributed by atoms with Crippen LogP contribution in [0.2, 0.25) is 5.02 Å². The van der Waals surface area contributed by atoms with Crippen LogP contribution in [0.4, 0.5) is 0 Å². The summed E-state index contributed by atoms with van der Waals surface area (Å²) in [5.74, 6) is -1.19. The van der Waals surface area contributed by atoms with Gasteiger partial charge in [-0.1, -0.05) is 54.8 Å². The van der Waals surface area contributed by atoms with Crippen molar-refractivity contribution in [3.63, 3.8) is 0 Å². The van der Waals surface area contributed by atoms with Crippen molar-refractivity contribution < 1.29 is 22.8 Å². The molecule has 2 aromatic carbocycles. The predicted molar refractivity (Wildman–Crippen MR) is 145 cm³/mol. The normalized spacial score (nSPS) is 23.1. The number of aryl methyl sites for hydroxylation is 1. The van der Waals surface area contributed by atoms with Crippen LogP contribution in [-0.4, -0.2) is 63.7 Å². The molecule has 14 heteroatoms. The summed E-state index contributed by atoms with van der Waals surface area (Å²) in [5.41, 5.74) is 4.16. The van der Waals surface area contributed by atoms with Crippen molar-refractivity contribution in [3.05, 3.63) is 76.1 Å². The number of sulfonamides is 1. The lowest BCUT2D eigenvalue weighted by molar-refractivity contribution is -0.138. The minimum absolute atomic E-state index is 0.0686. The Hall–Kier alpha value is -3.39. The number of halogens is 1. The predicted octanol–water partition coefficient (Wildman–Crippen LogP) is 2.25. The highest BCUT2D eigenvalue weighted by molar-refractivity contribution is 7.88. The van der Waals surface area contributed by atoms with Crippen LogP contribution in [0, 0.1) is 0 Å². The summed E-state index contributed by atoms with van der Waals surface area (Å²) < 4.78 is 28.7. The Kier molecular flexibility index (Phi) is 8.17. The minimum atomic E-state index is -3.55. The minimum Gasteiger partial charge on any atom is -0.326 e. The number of tetrazole rings is 1. The summed E-state index contributed by atoms with van der Waals surface area (Å²) in [5, 5.41) is 11.7. The first kappa shape index (κ1) is 28.1. The van der Waals surface area contributed by atoms with Gasteiger partial charge in [0.05, 0.1) is 18.2 Å². The molecule has 3 aromatic rings. The third-order valence-electron chi connectivity index (χ3n) is 7.40. The van der Waals surface area contributed by atoms with Gasteiger partial charge in [0.1, 0.15) is 6.61 Å². The Morgan fingerprint density at radius 2 is 1.85 bits per heavy atom. The molecule has 2 heterocycles. The number of nitrogens with one attached hydrogen (secondary N) is 2. The molecule has 40 heavy (non-hydrogen) atoms. The van der Waals surface area contributed by atoms with Crippen LogP contribution in [-0.2, 0) is 33.3 Å². The van der Waals surface area contributed by atoms with Gasteiger partial charge in [0.25, 0.3) is 11.8 Å². The summed E-state index contributed by atoms with van der Waals surface area (Å²) in [6, 6.07) is 12.2. The van der Waals surface area contributed by atoms with E-state index < -0.39 is 40.0 Å². The molecule has 5 rings (SSSR count). The first-order chi connectivity index (χ1) is 19.1. The molecule has 0 radical (unpaired) electrons. The molecule has 0 bridgehead atoms. The fourth-order valence-electron chi connectivity index (χ4n) is 5.68. The van der Waals surface area contributed by atoms with Crippen LogP contribution < -0.4 is 10.2 Å². The molecule has 1 fully saturated rings. The zero-order valence-electron chi connectivity index (χ0n) is 22.0. The van der Waals surface area contributed by atoms with E-state index in [-0.39, 0.29) is 12.5 Å². The van der Waals surface area contributed by atoms with E-state index in [1.54, 1.807) is 60.5 Å². The molecular weight excluding hydrogens is 558 g/mol. The number of hydrogen-bond acceptors (Lipinski definition) is 8. The van der Waals surface area contributed by atoms with Crippen LogP contribution >= 0.6 is 11.6 Å². The van der Waals surface area contributed by atoms with Gasteiger partial charge >= 0.3 is 0 Å². The lowest BCUT2D eigenvalue weighted by Crippen LogP contribution is -2.59. The van der Waals surface area contributed by atoms with Crippen molar-refractivity contribution in [2.75, 3.05) is 6.26 Å². The molecule has 2 aliphatic rings.